The molecule has 1 rings (SSSR count). The molecule has 2 N–H and O–H groups in total. The van der Waals surface area contributed by atoms with E-state index < -0.39 is 50.7 Å². The molecular weight excluding hydrogens is 266 g/mol. The highest BCUT2D eigenvalue weighted by atomic mass is 32.2. The van der Waals surface area contributed by atoms with E-state index in [2.05, 4.69) is 0 Å². The van der Waals surface area contributed by atoms with Crippen molar-refractivity contribution in [2.24, 2.45) is 0 Å². The summed E-state index contributed by atoms with van der Waals surface area (Å²) >= 11 is 0. The Kier molecular flexibility index (Phi) is 4.78. The van der Waals surface area contributed by atoms with E-state index in [4.69, 9.17) is 10.2 Å². The van der Waals surface area contributed by atoms with Crippen LogP contribution in [-0.4, -0.2) is 37.1 Å². The van der Waals surface area contributed by atoms with Gasteiger partial charge in [-0.25, -0.2) is 17.2 Å². The Balaban J connectivity index is 3.10. The van der Waals surface area contributed by atoms with Crippen molar-refractivity contribution in [1.82, 2.24) is 0 Å². The van der Waals surface area contributed by atoms with Gasteiger partial charge < -0.3 is 10.2 Å². The van der Waals surface area contributed by atoms with Gasteiger partial charge in [0.2, 0.25) is 0 Å². The van der Waals surface area contributed by atoms with Crippen LogP contribution < -0.4 is 0 Å². The third kappa shape index (κ3) is 3.24. The first-order valence-corrected chi connectivity index (χ1v) is 6.95. The van der Waals surface area contributed by atoms with Crippen LogP contribution in [0.25, 0.3) is 0 Å². The molecule has 0 fully saturated rings. The molecule has 2 atom stereocenters. The summed E-state index contributed by atoms with van der Waals surface area (Å²) in [5, 5.41) is 16.3. The molecule has 0 aliphatic carbocycles. The summed E-state index contributed by atoms with van der Waals surface area (Å²) in [4.78, 5) is 0. The van der Waals surface area contributed by atoms with Crippen molar-refractivity contribution in [3.63, 3.8) is 0 Å². The molecule has 0 aromatic heterocycles. The maximum absolute atomic E-state index is 13.4. The van der Waals surface area contributed by atoms with Crippen LogP contribution >= 0.6 is 0 Å². The third-order valence-electron chi connectivity index (χ3n) is 2.58. The molecule has 0 unspecified atom stereocenters. The largest absolute Gasteiger partial charge is 0.394 e. The SMILES string of the molecule is C[C@H](c1c(F)cccc1F)S(=O)(=O)C[C@H](O)CO. The molecule has 18 heavy (non-hydrogen) atoms. The second kappa shape index (κ2) is 5.73. The number of rotatable bonds is 5. The molecule has 4 nitrogen and oxygen atoms in total. The van der Waals surface area contributed by atoms with Crippen LogP contribution in [0.2, 0.25) is 0 Å². The van der Waals surface area contributed by atoms with E-state index in [-0.39, 0.29) is 0 Å². The fraction of sp³-hybridized carbons (Fsp3) is 0.455. The number of hydrogen-bond donors (Lipinski definition) is 2. The average molecular weight is 280 g/mol. The molecule has 7 heteroatoms. The maximum Gasteiger partial charge on any atom is 0.159 e. The first-order valence-electron chi connectivity index (χ1n) is 5.24. The van der Waals surface area contributed by atoms with Crippen LogP contribution in [0.1, 0.15) is 17.7 Å². The Morgan fingerprint density at radius 1 is 1.28 bits per heavy atom. The summed E-state index contributed by atoms with van der Waals surface area (Å²) in [6.45, 7) is 0.409. The van der Waals surface area contributed by atoms with Gasteiger partial charge in [-0.05, 0) is 19.1 Å². The average Bonchev–Trinajstić information content (AvgIpc) is 2.27. The lowest BCUT2D eigenvalue weighted by Gasteiger charge is -2.16. The van der Waals surface area contributed by atoms with E-state index in [9.17, 15) is 17.2 Å². The topological polar surface area (TPSA) is 74.6 Å². The predicted molar refractivity (Wildman–Crippen MR) is 61.7 cm³/mol. The Hall–Kier alpha value is -1.05. The molecule has 0 aliphatic rings. The number of benzene rings is 1. The highest BCUT2D eigenvalue weighted by Gasteiger charge is 2.29. The number of aliphatic hydroxyl groups excluding tert-OH is 2. The summed E-state index contributed by atoms with van der Waals surface area (Å²) in [7, 11) is -3.96. The predicted octanol–water partition coefficient (Wildman–Crippen LogP) is 0.794. The first-order chi connectivity index (χ1) is 8.29. The quantitative estimate of drug-likeness (QED) is 0.836. The molecule has 0 bridgehead atoms. The van der Waals surface area contributed by atoms with Crippen LogP contribution in [-0.2, 0) is 9.84 Å². The minimum absolute atomic E-state index is 0.553. The maximum atomic E-state index is 13.4. The van der Waals surface area contributed by atoms with E-state index in [0.717, 1.165) is 25.1 Å². The standard InChI is InChI=1S/C11H14F2O4S/c1-7(18(16,17)6-8(15)5-14)11-9(12)3-2-4-10(11)13/h2-4,7-8,14-15H,5-6H2,1H3/t7-,8-/m1/s1. The van der Waals surface area contributed by atoms with E-state index in [0.29, 0.717) is 0 Å². The van der Waals surface area contributed by atoms with Gasteiger partial charge in [0.15, 0.2) is 9.84 Å². The van der Waals surface area contributed by atoms with Gasteiger partial charge in [-0.2, -0.15) is 0 Å². The zero-order valence-electron chi connectivity index (χ0n) is 9.68. The van der Waals surface area contributed by atoms with Gasteiger partial charge in [-0.15, -0.1) is 0 Å². The Morgan fingerprint density at radius 3 is 2.22 bits per heavy atom. The van der Waals surface area contributed by atoms with Gasteiger partial charge in [-0.1, -0.05) is 6.07 Å². The molecule has 1 aromatic carbocycles. The van der Waals surface area contributed by atoms with Crippen LogP contribution in [0.3, 0.4) is 0 Å². The highest BCUT2D eigenvalue weighted by molar-refractivity contribution is 7.91. The van der Waals surface area contributed by atoms with Gasteiger partial charge in [0, 0.05) is 5.56 Å². The van der Waals surface area contributed by atoms with E-state index in [1.54, 1.807) is 0 Å². The van der Waals surface area contributed by atoms with Crippen molar-refractivity contribution >= 4 is 9.84 Å². The van der Waals surface area contributed by atoms with Crippen LogP contribution in [0, 0.1) is 11.6 Å². The van der Waals surface area contributed by atoms with Crippen molar-refractivity contribution in [3.05, 3.63) is 35.4 Å². The lowest BCUT2D eigenvalue weighted by molar-refractivity contribution is 0.112. The molecule has 0 saturated heterocycles. The number of halogens is 2. The van der Waals surface area contributed by atoms with Crippen LogP contribution in [0.5, 0.6) is 0 Å². The van der Waals surface area contributed by atoms with Crippen LogP contribution in [0.4, 0.5) is 8.78 Å². The Labute approximate surface area is 104 Å². The third-order valence-corrected chi connectivity index (χ3v) is 4.74. The molecule has 102 valence electrons. The molecule has 0 aliphatic heterocycles. The van der Waals surface area contributed by atoms with Gasteiger partial charge >= 0.3 is 0 Å². The van der Waals surface area contributed by atoms with Gasteiger partial charge in [0.1, 0.15) is 11.6 Å². The lowest BCUT2D eigenvalue weighted by Crippen LogP contribution is -2.27. The molecule has 0 radical (unpaired) electrons. The fourth-order valence-corrected chi connectivity index (χ4v) is 3.06. The zero-order valence-corrected chi connectivity index (χ0v) is 10.5. The number of sulfone groups is 1. The summed E-state index contributed by atoms with van der Waals surface area (Å²) in [5.74, 6) is -2.66. The molecule has 0 saturated carbocycles. The van der Waals surface area contributed by atoms with Crippen molar-refractivity contribution < 1.29 is 27.4 Å². The monoisotopic (exact) mass is 280 g/mol. The van der Waals surface area contributed by atoms with Gasteiger partial charge in [-0.3, -0.25) is 0 Å². The van der Waals surface area contributed by atoms with Gasteiger partial charge in [0.05, 0.1) is 23.7 Å². The Morgan fingerprint density at radius 2 is 1.78 bits per heavy atom. The highest BCUT2D eigenvalue weighted by Crippen LogP contribution is 2.27. The van der Waals surface area contributed by atoms with Gasteiger partial charge in [0.25, 0.3) is 0 Å². The van der Waals surface area contributed by atoms with E-state index >= 15 is 0 Å². The smallest absolute Gasteiger partial charge is 0.159 e. The molecule has 1 aromatic rings. The number of hydrogen-bond acceptors (Lipinski definition) is 4. The van der Waals surface area contributed by atoms with E-state index in [1.165, 1.54) is 0 Å². The first kappa shape index (κ1) is 15.0. The van der Waals surface area contributed by atoms with Crippen molar-refractivity contribution in [3.8, 4) is 0 Å². The summed E-state index contributed by atoms with van der Waals surface area (Å²) in [6.07, 6.45) is -1.47. The second-order valence-electron chi connectivity index (χ2n) is 3.94. The fourth-order valence-electron chi connectivity index (χ4n) is 1.54. The van der Waals surface area contributed by atoms with Crippen molar-refractivity contribution in [1.29, 1.82) is 0 Å². The van der Waals surface area contributed by atoms with E-state index in [1.807, 2.05) is 0 Å². The Bertz CT molecular complexity index is 496. The van der Waals surface area contributed by atoms with Crippen molar-refractivity contribution in [2.75, 3.05) is 12.4 Å². The molecular formula is C11H14F2O4S. The number of aliphatic hydroxyl groups is 2. The summed E-state index contributed by atoms with van der Waals surface area (Å²) in [6, 6.07) is 3.07. The van der Waals surface area contributed by atoms with Crippen molar-refractivity contribution in [2.45, 2.75) is 18.3 Å². The normalized spacial score (nSPS) is 15.4. The minimum Gasteiger partial charge on any atom is -0.394 e. The second-order valence-corrected chi connectivity index (χ2v) is 6.31. The molecule has 0 heterocycles. The summed E-state index contributed by atoms with van der Waals surface area (Å²) in [5.41, 5.74) is -0.553. The lowest BCUT2D eigenvalue weighted by atomic mass is 10.1. The van der Waals surface area contributed by atoms with Crippen LogP contribution in [0.15, 0.2) is 18.2 Å². The minimum atomic E-state index is -3.96. The summed E-state index contributed by atoms with van der Waals surface area (Å²) < 4.78 is 50.5. The molecule has 0 spiro atoms. The molecule has 0 amide bonds. The zero-order chi connectivity index (χ0) is 13.9.